The lowest BCUT2D eigenvalue weighted by atomic mass is 10.0. The Labute approximate surface area is 151 Å². The van der Waals surface area contributed by atoms with Crippen molar-refractivity contribution in [1.29, 1.82) is 0 Å². The fourth-order valence-corrected chi connectivity index (χ4v) is 3.00. The molecule has 1 amide bonds. The monoisotopic (exact) mass is 339 g/mol. The maximum absolute atomic E-state index is 12.9. The first-order chi connectivity index (χ1) is 11.8. The zero-order valence-electron chi connectivity index (χ0n) is 15.9. The molecule has 0 fully saturated rings. The van der Waals surface area contributed by atoms with Gasteiger partial charge in [-0.15, -0.1) is 0 Å². The molecule has 0 radical (unpaired) electrons. The summed E-state index contributed by atoms with van der Waals surface area (Å²) in [4.78, 5) is 16.9. The molecule has 0 heterocycles. The van der Waals surface area contributed by atoms with E-state index in [-0.39, 0.29) is 17.9 Å². The first-order valence-corrected chi connectivity index (χ1v) is 8.72. The molecule has 0 aliphatic heterocycles. The quantitative estimate of drug-likeness (QED) is 0.807. The lowest BCUT2D eigenvalue weighted by molar-refractivity contribution is -0.137. The van der Waals surface area contributed by atoms with E-state index in [1.807, 2.05) is 69.2 Å². The van der Waals surface area contributed by atoms with E-state index in [4.69, 9.17) is 5.73 Å². The Morgan fingerprint density at radius 1 is 1.04 bits per heavy atom. The summed E-state index contributed by atoms with van der Waals surface area (Å²) < 4.78 is 0. The van der Waals surface area contributed by atoms with Gasteiger partial charge >= 0.3 is 0 Å². The number of rotatable bonds is 6. The number of nitrogens with two attached hydrogens (primary N) is 1. The van der Waals surface area contributed by atoms with Gasteiger partial charge in [0.1, 0.15) is 0 Å². The summed E-state index contributed by atoms with van der Waals surface area (Å²) >= 11 is 0. The van der Waals surface area contributed by atoms with E-state index in [1.54, 1.807) is 0 Å². The van der Waals surface area contributed by atoms with E-state index in [2.05, 4.69) is 24.0 Å². The molecule has 2 aromatic rings. The minimum absolute atomic E-state index is 0.00690. The third kappa shape index (κ3) is 4.53. The minimum Gasteiger partial charge on any atom is -0.399 e. The zero-order valence-corrected chi connectivity index (χ0v) is 15.9. The molecular weight excluding hydrogens is 310 g/mol. The molecule has 0 aliphatic rings. The second-order valence-electron chi connectivity index (χ2n) is 6.99. The molecule has 1 atom stereocenters. The van der Waals surface area contributed by atoms with Crippen LogP contribution in [0.2, 0.25) is 0 Å². The van der Waals surface area contributed by atoms with Crippen molar-refractivity contribution in [3.63, 3.8) is 0 Å². The highest BCUT2D eigenvalue weighted by atomic mass is 16.2. The number of carbonyl (C=O) groups is 1. The van der Waals surface area contributed by atoms with Crippen molar-refractivity contribution in [2.75, 3.05) is 24.7 Å². The SMILES string of the molecule is CC(C)C(=O)N(Cc1cc(N)ccc1N(C)C)C(C)c1ccccc1. The molecule has 4 heteroatoms. The lowest BCUT2D eigenvalue weighted by Gasteiger charge is -2.32. The second kappa shape index (κ2) is 8.06. The molecule has 0 saturated heterocycles. The molecule has 25 heavy (non-hydrogen) atoms. The number of nitrogen functional groups attached to an aromatic ring is 1. The Balaban J connectivity index is 2.41. The number of anilines is 2. The highest BCUT2D eigenvalue weighted by Gasteiger charge is 2.25. The minimum atomic E-state index is -0.0602. The standard InChI is InChI=1S/C21H29N3O/c1-15(2)21(25)24(16(3)17-9-7-6-8-10-17)14-18-13-19(22)11-12-20(18)23(4)5/h6-13,15-16H,14,22H2,1-5H3. The van der Waals surface area contributed by atoms with Crippen LogP contribution in [0.3, 0.4) is 0 Å². The molecule has 0 bridgehead atoms. The van der Waals surface area contributed by atoms with Gasteiger partial charge in [-0.3, -0.25) is 4.79 Å². The molecule has 1 unspecified atom stereocenters. The van der Waals surface area contributed by atoms with E-state index in [0.29, 0.717) is 12.2 Å². The number of amides is 1. The number of nitrogens with zero attached hydrogens (tertiary/aromatic N) is 2. The van der Waals surface area contributed by atoms with Crippen LogP contribution in [0.5, 0.6) is 0 Å². The van der Waals surface area contributed by atoms with Crippen molar-refractivity contribution < 1.29 is 4.79 Å². The normalized spacial score (nSPS) is 12.1. The molecule has 2 rings (SSSR count). The predicted octanol–water partition coefficient (Wildman–Crippen LogP) is 4.08. The van der Waals surface area contributed by atoms with Crippen LogP contribution in [0.25, 0.3) is 0 Å². The molecule has 2 aromatic carbocycles. The van der Waals surface area contributed by atoms with Gasteiger partial charge in [0.25, 0.3) is 0 Å². The maximum Gasteiger partial charge on any atom is 0.225 e. The van der Waals surface area contributed by atoms with Gasteiger partial charge in [-0.05, 0) is 36.2 Å². The van der Waals surface area contributed by atoms with Crippen LogP contribution in [0.15, 0.2) is 48.5 Å². The van der Waals surface area contributed by atoms with Gasteiger partial charge in [0.05, 0.1) is 6.04 Å². The van der Waals surface area contributed by atoms with Crippen molar-refractivity contribution in [2.24, 2.45) is 5.92 Å². The average molecular weight is 339 g/mol. The third-order valence-electron chi connectivity index (χ3n) is 4.45. The maximum atomic E-state index is 12.9. The van der Waals surface area contributed by atoms with Gasteiger partial charge in [-0.1, -0.05) is 44.2 Å². The van der Waals surface area contributed by atoms with Crippen LogP contribution in [0.4, 0.5) is 11.4 Å². The summed E-state index contributed by atoms with van der Waals surface area (Å²) in [5, 5.41) is 0. The van der Waals surface area contributed by atoms with Crippen molar-refractivity contribution in [2.45, 2.75) is 33.4 Å². The predicted molar refractivity (Wildman–Crippen MR) is 105 cm³/mol. The fraction of sp³-hybridized carbons (Fsp3) is 0.381. The van der Waals surface area contributed by atoms with Crippen molar-refractivity contribution in [3.8, 4) is 0 Å². The largest absolute Gasteiger partial charge is 0.399 e. The van der Waals surface area contributed by atoms with Gasteiger partial charge in [0.15, 0.2) is 0 Å². The van der Waals surface area contributed by atoms with Gasteiger partial charge < -0.3 is 15.5 Å². The van der Waals surface area contributed by atoms with Crippen LogP contribution < -0.4 is 10.6 Å². The summed E-state index contributed by atoms with van der Waals surface area (Å²) in [6.07, 6.45) is 0. The number of hydrogen-bond acceptors (Lipinski definition) is 3. The molecule has 0 aliphatic carbocycles. The average Bonchev–Trinajstić information content (AvgIpc) is 2.59. The Hall–Kier alpha value is -2.49. The topological polar surface area (TPSA) is 49.6 Å². The van der Waals surface area contributed by atoms with Crippen LogP contribution in [-0.4, -0.2) is 24.9 Å². The Morgan fingerprint density at radius 2 is 1.68 bits per heavy atom. The summed E-state index contributed by atoms with van der Waals surface area (Å²) in [5.41, 5.74) is 9.99. The highest BCUT2D eigenvalue weighted by molar-refractivity contribution is 5.79. The summed E-state index contributed by atoms with van der Waals surface area (Å²) in [7, 11) is 4.01. The van der Waals surface area contributed by atoms with Gasteiger partial charge in [-0.2, -0.15) is 0 Å². The fourth-order valence-electron chi connectivity index (χ4n) is 3.00. The van der Waals surface area contributed by atoms with E-state index in [1.165, 1.54) is 0 Å². The van der Waals surface area contributed by atoms with Crippen LogP contribution in [-0.2, 0) is 11.3 Å². The van der Waals surface area contributed by atoms with Crippen LogP contribution >= 0.6 is 0 Å². The van der Waals surface area contributed by atoms with E-state index < -0.39 is 0 Å². The molecule has 2 N–H and O–H groups in total. The number of hydrogen-bond donors (Lipinski definition) is 1. The van der Waals surface area contributed by atoms with E-state index >= 15 is 0 Å². The second-order valence-corrected chi connectivity index (χ2v) is 6.99. The van der Waals surface area contributed by atoms with Gasteiger partial charge in [-0.25, -0.2) is 0 Å². The molecule has 4 nitrogen and oxygen atoms in total. The molecule has 0 aromatic heterocycles. The molecular formula is C21H29N3O. The van der Waals surface area contributed by atoms with Crippen molar-refractivity contribution in [1.82, 2.24) is 4.90 Å². The lowest BCUT2D eigenvalue weighted by Crippen LogP contribution is -2.36. The van der Waals surface area contributed by atoms with E-state index in [9.17, 15) is 4.79 Å². The summed E-state index contributed by atoms with van der Waals surface area (Å²) in [6.45, 7) is 6.50. The Morgan fingerprint density at radius 3 is 2.24 bits per heavy atom. The molecule has 134 valence electrons. The highest BCUT2D eigenvalue weighted by Crippen LogP contribution is 2.29. The number of carbonyl (C=O) groups excluding carboxylic acids is 1. The smallest absolute Gasteiger partial charge is 0.225 e. The first-order valence-electron chi connectivity index (χ1n) is 8.72. The zero-order chi connectivity index (χ0) is 18.6. The molecule has 0 spiro atoms. The number of benzene rings is 2. The van der Waals surface area contributed by atoms with Crippen LogP contribution in [0, 0.1) is 5.92 Å². The van der Waals surface area contributed by atoms with Gasteiger partial charge in [0, 0.05) is 37.9 Å². The Kier molecular flexibility index (Phi) is 6.07. The van der Waals surface area contributed by atoms with Crippen LogP contribution in [0.1, 0.15) is 37.9 Å². The van der Waals surface area contributed by atoms with Crippen molar-refractivity contribution in [3.05, 3.63) is 59.7 Å². The Bertz CT molecular complexity index is 710. The van der Waals surface area contributed by atoms with Crippen molar-refractivity contribution >= 4 is 17.3 Å². The summed E-state index contributed by atoms with van der Waals surface area (Å²) in [5.74, 6) is 0.0820. The molecule has 0 saturated carbocycles. The summed E-state index contributed by atoms with van der Waals surface area (Å²) in [6, 6.07) is 16.0. The van der Waals surface area contributed by atoms with E-state index in [0.717, 1.165) is 16.8 Å². The first kappa shape index (κ1) is 18.8. The van der Waals surface area contributed by atoms with Gasteiger partial charge in [0.2, 0.25) is 5.91 Å². The third-order valence-corrected chi connectivity index (χ3v) is 4.45.